The smallest absolute Gasteiger partial charge is 0.298 e. The molecule has 2 aromatic rings. The first-order chi connectivity index (χ1) is 11.4. The third-order valence-corrected chi connectivity index (χ3v) is 4.37. The van der Waals surface area contributed by atoms with Gasteiger partial charge in [-0.15, -0.1) is 12.4 Å². The molecule has 1 fully saturated rings. The summed E-state index contributed by atoms with van der Waals surface area (Å²) in [6.45, 7) is 2.13. The molecule has 1 unspecified atom stereocenters. The van der Waals surface area contributed by atoms with Crippen LogP contribution in [0.3, 0.4) is 0 Å². The van der Waals surface area contributed by atoms with E-state index in [0.717, 1.165) is 25.2 Å². The quantitative estimate of drug-likeness (QED) is 0.719. The topological polar surface area (TPSA) is 20.3 Å². The minimum atomic E-state index is -4.43. The Hall–Kier alpha value is -1.85. The van der Waals surface area contributed by atoms with Gasteiger partial charge in [-0.1, -0.05) is 42.5 Å². The number of rotatable bonds is 4. The van der Waals surface area contributed by atoms with Gasteiger partial charge in [-0.3, -0.25) is 9.69 Å². The Morgan fingerprint density at radius 1 is 1.08 bits per heavy atom. The Morgan fingerprint density at radius 2 is 1.80 bits per heavy atom. The summed E-state index contributed by atoms with van der Waals surface area (Å²) >= 11 is 0. The third kappa shape index (κ3) is 4.83. The summed E-state index contributed by atoms with van der Waals surface area (Å²) in [6.07, 6.45) is -3.74. The molecule has 0 aromatic heterocycles. The zero-order valence-electron chi connectivity index (χ0n) is 13.5. The van der Waals surface area contributed by atoms with Crippen molar-refractivity contribution in [2.24, 2.45) is 5.92 Å². The third-order valence-electron chi connectivity index (χ3n) is 4.37. The second-order valence-corrected chi connectivity index (χ2v) is 6.15. The predicted molar refractivity (Wildman–Crippen MR) is 92.8 cm³/mol. The molecule has 1 aliphatic heterocycles. The number of Topliss-reactive ketones (excluding diaryl/α,β-unsaturated/α-hetero) is 1. The van der Waals surface area contributed by atoms with Crippen molar-refractivity contribution in [3.63, 3.8) is 0 Å². The van der Waals surface area contributed by atoms with Crippen molar-refractivity contribution in [2.75, 3.05) is 13.1 Å². The minimum Gasteiger partial charge on any atom is -0.298 e. The molecule has 2 nitrogen and oxygen atoms in total. The Balaban J connectivity index is 0.00000225. The summed E-state index contributed by atoms with van der Waals surface area (Å²) in [4.78, 5) is 14.7. The van der Waals surface area contributed by atoms with Crippen LogP contribution in [-0.2, 0) is 12.7 Å². The van der Waals surface area contributed by atoms with E-state index in [0.29, 0.717) is 13.0 Å². The maximum absolute atomic E-state index is 12.8. The standard InChI is InChI=1S/C19H18F3NO.ClH/c20-19(21,22)17-8-4-7-15(11-17)18(24)16-9-10-23(13-16)12-14-5-2-1-3-6-14;/h1-8,11,16H,9-10,12-13H2;1H. The fourth-order valence-electron chi connectivity index (χ4n) is 3.12. The highest BCUT2D eigenvalue weighted by Gasteiger charge is 2.33. The summed E-state index contributed by atoms with van der Waals surface area (Å²) in [5, 5.41) is 0. The zero-order valence-corrected chi connectivity index (χ0v) is 14.3. The maximum Gasteiger partial charge on any atom is 0.416 e. The number of hydrogen-bond donors (Lipinski definition) is 0. The molecule has 1 aliphatic rings. The van der Waals surface area contributed by atoms with Gasteiger partial charge in [0.05, 0.1) is 5.56 Å². The average Bonchev–Trinajstić information content (AvgIpc) is 3.03. The van der Waals surface area contributed by atoms with Crippen LogP contribution < -0.4 is 0 Å². The fourth-order valence-corrected chi connectivity index (χ4v) is 3.12. The number of ketones is 1. The van der Waals surface area contributed by atoms with Gasteiger partial charge in [0.2, 0.25) is 0 Å². The molecule has 3 rings (SSSR count). The van der Waals surface area contributed by atoms with Crippen LogP contribution in [0.5, 0.6) is 0 Å². The molecule has 0 bridgehead atoms. The van der Waals surface area contributed by atoms with Crippen molar-refractivity contribution in [3.05, 3.63) is 71.3 Å². The van der Waals surface area contributed by atoms with Crippen molar-refractivity contribution in [3.8, 4) is 0 Å². The highest BCUT2D eigenvalue weighted by molar-refractivity contribution is 5.98. The summed E-state index contributed by atoms with van der Waals surface area (Å²) in [5.41, 5.74) is 0.550. The van der Waals surface area contributed by atoms with Gasteiger partial charge in [0.15, 0.2) is 5.78 Å². The molecule has 0 saturated carbocycles. The molecule has 6 heteroatoms. The van der Waals surface area contributed by atoms with Crippen molar-refractivity contribution < 1.29 is 18.0 Å². The van der Waals surface area contributed by atoms with E-state index in [2.05, 4.69) is 4.90 Å². The van der Waals surface area contributed by atoms with E-state index < -0.39 is 11.7 Å². The lowest BCUT2D eigenvalue weighted by atomic mass is 9.95. The van der Waals surface area contributed by atoms with Crippen LogP contribution in [0.2, 0.25) is 0 Å². The SMILES string of the molecule is Cl.O=C(c1cccc(C(F)(F)F)c1)C1CCN(Cc2ccccc2)C1. The van der Waals surface area contributed by atoms with Crippen LogP contribution in [0.1, 0.15) is 27.9 Å². The van der Waals surface area contributed by atoms with E-state index in [1.54, 1.807) is 0 Å². The van der Waals surface area contributed by atoms with Gasteiger partial charge in [0, 0.05) is 24.6 Å². The highest BCUT2D eigenvalue weighted by atomic mass is 35.5. The van der Waals surface area contributed by atoms with Gasteiger partial charge in [0.25, 0.3) is 0 Å². The largest absolute Gasteiger partial charge is 0.416 e. The summed E-state index contributed by atoms with van der Waals surface area (Å²) < 4.78 is 38.4. The number of alkyl halides is 3. The number of carbonyl (C=O) groups excluding carboxylic acids is 1. The summed E-state index contributed by atoms with van der Waals surface area (Å²) in [6, 6.07) is 14.7. The molecular weight excluding hydrogens is 351 g/mol. The molecule has 2 aromatic carbocycles. The predicted octanol–water partition coefficient (Wildman–Crippen LogP) is 4.83. The van der Waals surface area contributed by atoms with Gasteiger partial charge >= 0.3 is 6.18 Å². The molecule has 0 spiro atoms. The first-order valence-electron chi connectivity index (χ1n) is 7.91. The number of halogens is 4. The van der Waals surface area contributed by atoms with Crippen LogP contribution in [0.25, 0.3) is 0 Å². The van der Waals surface area contributed by atoms with Crippen LogP contribution in [0.4, 0.5) is 13.2 Å². The summed E-state index contributed by atoms with van der Waals surface area (Å²) in [5.74, 6) is -0.436. The van der Waals surface area contributed by atoms with E-state index in [-0.39, 0.29) is 29.7 Å². The molecule has 1 saturated heterocycles. The number of nitrogens with zero attached hydrogens (tertiary/aromatic N) is 1. The van der Waals surface area contributed by atoms with Crippen LogP contribution in [-0.4, -0.2) is 23.8 Å². The molecule has 1 heterocycles. The van der Waals surface area contributed by atoms with E-state index >= 15 is 0 Å². The molecule has 1 atom stereocenters. The molecule has 0 amide bonds. The van der Waals surface area contributed by atoms with Gasteiger partial charge in [-0.2, -0.15) is 13.2 Å². The summed E-state index contributed by atoms with van der Waals surface area (Å²) in [7, 11) is 0. The second kappa shape index (κ2) is 8.02. The second-order valence-electron chi connectivity index (χ2n) is 6.15. The molecule has 0 radical (unpaired) electrons. The van der Waals surface area contributed by atoms with Gasteiger partial charge in [-0.05, 0) is 30.7 Å². The number of benzene rings is 2. The number of carbonyl (C=O) groups is 1. The fraction of sp³-hybridized carbons (Fsp3) is 0.316. The van der Waals surface area contributed by atoms with Crippen molar-refractivity contribution >= 4 is 18.2 Å². The first kappa shape index (κ1) is 19.5. The average molecular weight is 370 g/mol. The zero-order chi connectivity index (χ0) is 17.2. The van der Waals surface area contributed by atoms with Crippen molar-refractivity contribution in [2.45, 2.75) is 19.1 Å². The highest BCUT2D eigenvalue weighted by Crippen LogP contribution is 2.31. The van der Waals surface area contributed by atoms with Crippen LogP contribution in [0.15, 0.2) is 54.6 Å². The normalized spacial score (nSPS) is 18.0. The number of likely N-dealkylation sites (tertiary alicyclic amines) is 1. The molecule has 134 valence electrons. The monoisotopic (exact) mass is 369 g/mol. The Labute approximate surface area is 151 Å². The molecule has 0 aliphatic carbocycles. The van der Waals surface area contributed by atoms with E-state index in [9.17, 15) is 18.0 Å². The Kier molecular flexibility index (Phi) is 6.25. The molecular formula is C19H19ClF3NO. The van der Waals surface area contributed by atoms with E-state index in [1.165, 1.54) is 17.7 Å². The van der Waals surface area contributed by atoms with Crippen LogP contribution >= 0.6 is 12.4 Å². The van der Waals surface area contributed by atoms with Gasteiger partial charge < -0.3 is 0 Å². The molecule has 0 N–H and O–H groups in total. The van der Waals surface area contributed by atoms with Gasteiger partial charge in [0.1, 0.15) is 0 Å². The lowest BCUT2D eigenvalue weighted by molar-refractivity contribution is -0.137. The number of hydrogen-bond acceptors (Lipinski definition) is 2. The van der Waals surface area contributed by atoms with Crippen molar-refractivity contribution in [1.82, 2.24) is 4.90 Å². The Bertz CT molecular complexity index is 718. The lowest BCUT2D eigenvalue weighted by Crippen LogP contribution is -2.23. The van der Waals surface area contributed by atoms with Crippen LogP contribution in [0, 0.1) is 5.92 Å². The first-order valence-corrected chi connectivity index (χ1v) is 7.91. The lowest BCUT2D eigenvalue weighted by Gasteiger charge is -2.16. The molecule has 25 heavy (non-hydrogen) atoms. The van der Waals surface area contributed by atoms with E-state index in [1.807, 2.05) is 30.3 Å². The maximum atomic E-state index is 12.8. The van der Waals surface area contributed by atoms with Gasteiger partial charge in [-0.25, -0.2) is 0 Å². The Morgan fingerprint density at radius 3 is 2.48 bits per heavy atom. The van der Waals surface area contributed by atoms with Crippen molar-refractivity contribution in [1.29, 1.82) is 0 Å². The minimum absolute atomic E-state index is 0. The van der Waals surface area contributed by atoms with E-state index in [4.69, 9.17) is 0 Å².